The molecular weight excluding hydrogens is 358 g/mol. The lowest BCUT2D eigenvalue weighted by Crippen LogP contribution is -2.31. The van der Waals surface area contributed by atoms with Gasteiger partial charge >= 0.3 is 0 Å². The van der Waals surface area contributed by atoms with E-state index in [9.17, 15) is 23.1 Å². The minimum Gasteiger partial charge on any atom is -0.506 e. The molecular formula is C17H19N3O5S. The molecule has 1 aliphatic rings. The quantitative estimate of drug-likeness (QED) is 0.787. The summed E-state index contributed by atoms with van der Waals surface area (Å²) in [4.78, 5) is 24.5. The summed E-state index contributed by atoms with van der Waals surface area (Å²) < 4.78 is 27.1. The van der Waals surface area contributed by atoms with Crippen molar-refractivity contribution in [2.75, 3.05) is 19.4 Å². The van der Waals surface area contributed by atoms with Gasteiger partial charge in [-0.15, -0.1) is 0 Å². The summed E-state index contributed by atoms with van der Waals surface area (Å²) in [6.07, 6.45) is 2.25. The molecule has 1 aliphatic heterocycles. The standard InChI is InChI=1S/C17H19N3O5S/c1-19(2)26(24,25)11-5-7-15(21)12(10-11)18-17(23)14-6-8-16(22)13-4-3-9-20(13)14/h3-5,7,9-10,14,21H,6,8H2,1-2H3,(H,18,23)/t14-/m1/s1. The number of nitrogens with zero attached hydrogens (tertiary/aromatic N) is 2. The second-order valence-corrected chi connectivity index (χ2v) is 8.39. The second-order valence-electron chi connectivity index (χ2n) is 6.23. The summed E-state index contributed by atoms with van der Waals surface area (Å²) in [5, 5.41) is 12.6. The van der Waals surface area contributed by atoms with E-state index in [0.717, 1.165) is 4.31 Å². The first-order valence-corrected chi connectivity index (χ1v) is 9.42. The predicted molar refractivity (Wildman–Crippen MR) is 94.6 cm³/mol. The summed E-state index contributed by atoms with van der Waals surface area (Å²) in [7, 11) is -0.911. The van der Waals surface area contributed by atoms with Gasteiger partial charge in [0.25, 0.3) is 0 Å². The fourth-order valence-corrected chi connectivity index (χ4v) is 3.83. The Morgan fingerprint density at radius 3 is 2.73 bits per heavy atom. The van der Waals surface area contributed by atoms with Gasteiger partial charge in [-0.3, -0.25) is 9.59 Å². The van der Waals surface area contributed by atoms with Gasteiger partial charge in [-0.25, -0.2) is 12.7 Å². The number of benzene rings is 1. The molecule has 138 valence electrons. The van der Waals surface area contributed by atoms with Crippen LogP contribution < -0.4 is 5.32 Å². The van der Waals surface area contributed by atoms with Crippen molar-refractivity contribution in [3.05, 3.63) is 42.2 Å². The van der Waals surface area contributed by atoms with Crippen molar-refractivity contribution in [1.29, 1.82) is 0 Å². The van der Waals surface area contributed by atoms with Crippen molar-refractivity contribution < 1.29 is 23.1 Å². The number of aromatic nitrogens is 1. The minimum absolute atomic E-state index is 0.00327. The van der Waals surface area contributed by atoms with E-state index in [1.165, 1.54) is 32.3 Å². The molecule has 9 heteroatoms. The maximum Gasteiger partial charge on any atom is 0.247 e. The fraction of sp³-hybridized carbons (Fsp3) is 0.294. The lowest BCUT2D eigenvalue weighted by Gasteiger charge is -2.24. The van der Waals surface area contributed by atoms with Crippen molar-refractivity contribution in [2.24, 2.45) is 0 Å². The average Bonchev–Trinajstić information content (AvgIpc) is 3.07. The smallest absolute Gasteiger partial charge is 0.247 e. The number of sulfonamides is 1. The van der Waals surface area contributed by atoms with E-state index >= 15 is 0 Å². The highest BCUT2D eigenvalue weighted by atomic mass is 32.2. The summed E-state index contributed by atoms with van der Waals surface area (Å²) >= 11 is 0. The number of fused-ring (bicyclic) bond motifs is 1. The molecule has 0 unspecified atom stereocenters. The zero-order valence-corrected chi connectivity index (χ0v) is 15.2. The number of anilines is 1. The van der Waals surface area contributed by atoms with E-state index in [-0.39, 0.29) is 28.5 Å². The van der Waals surface area contributed by atoms with E-state index in [1.807, 2.05) is 0 Å². The number of amides is 1. The van der Waals surface area contributed by atoms with E-state index in [4.69, 9.17) is 0 Å². The summed E-state index contributed by atoms with van der Waals surface area (Å²) in [5.41, 5.74) is 0.466. The van der Waals surface area contributed by atoms with Crippen LogP contribution in [0.5, 0.6) is 5.75 Å². The van der Waals surface area contributed by atoms with Crippen molar-refractivity contribution in [1.82, 2.24) is 8.87 Å². The largest absolute Gasteiger partial charge is 0.506 e. The van der Waals surface area contributed by atoms with E-state index < -0.39 is 22.0 Å². The molecule has 1 aromatic heterocycles. The Morgan fingerprint density at radius 1 is 1.31 bits per heavy atom. The zero-order chi connectivity index (χ0) is 19.1. The molecule has 8 nitrogen and oxygen atoms in total. The van der Waals surface area contributed by atoms with Crippen LogP contribution in [0.15, 0.2) is 41.4 Å². The zero-order valence-electron chi connectivity index (χ0n) is 14.3. The fourth-order valence-electron chi connectivity index (χ4n) is 2.90. The van der Waals surface area contributed by atoms with Crippen molar-refractivity contribution >= 4 is 27.4 Å². The Morgan fingerprint density at radius 2 is 2.04 bits per heavy atom. The Kier molecular flexibility index (Phi) is 4.59. The minimum atomic E-state index is -3.70. The number of ketones is 1. The number of carbonyl (C=O) groups excluding carboxylic acids is 2. The number of Topliss-reactive ketones (excluding diaryl/α,β-unsaturated/α-hetero) is 1. The maximum atomic E-state index is 12.7. The van der Waals surface area contributed by atoms with Gasteiger partial charge in [0.15, 0.2) is 5.78 Å². The Balaban J connectivity index is 1.89. The lowest BCUT2D eigenvalue weighted by atomic mass is 10.0. The van der Waals surface area contributed by atoms with Crippen molar-refractivity contribution in [3.63, 3.8) is 0 Å². The summed E-state index contributed by atoms with van der Waals surface area (Å²) in [5.74, 6) is -0.693. The van der Waals surface area contributed by atoms with Gasteiger partial charge in [-0.1, -0.05) is 0 Å². The molecule has 2 aromatic rings. The Labute approximate surface area is 151 Å². The topological polar surface area (TPSA) is 109 Å². The van der Waals surface area contributed by atoms with Crippen LogP contribution >= 0.6 is 0 Å². The van der Waals surface area contributed by atoms with Crippen molar-refractivity contribution in [2.45, 2.75) is 23.8 Å². The van der Waals surface area contributed by atoms with Crippen LogP contribution in [0, 0.1) is 0 Å². The number of phenols is 1. The van der Waals surface area contributed by atoms with Crippen molar-refractivity contribution in [3.8, 4) is 5.75 Å². The number of nitrogens with one attached hydrogen (secondary N) is 1. The van der Waals surface area contributed by atoms with Gasteiger partial charge in [0, 0.05) is 26.7 Å². The van der Waals surface area contributed by atoms with Crippen LogP contribution in [0.4, 0.5) is 5.69 Å². The lowest BCUT2D eigenvalue weighted by molar-refractivity contribution is -0.119. The molecule has 0 spiro atoms. The molecule has 1 amide bonds. The number of carbonyl (C=O) groups is 2. The highest BCUT2D eigenvalue weighted by Gasteiger charge is 2.30. The number of phenolic OH excluding ortho intramolecular Hbond substituents is 1. The second kappa shape index (κ2) is 6.58. The number of rotatable bonds is 4. The molecule has 0 saturated carbocycles. The molecule has 1 aromatic carbocycles. The first-order valence-electron chi connectivity index (χ1n) is 7.98. The molecule has 2 N–H and O–H groups in total. The first kappa shape index (κ1) is 18.2. The van der Waals surface area contributed by atoms with E-state index in [0.29, 0.717) is 12.1 Å². The molecule has 0 bridgehead atoms. The molecule has 0 fully saturated rings. The third kappa shape index (κ3) is 3.11. The van der Waals surface area contributed by atoms with Crippen LogP contribution in [0.3, 0.4) is 0 Å². The van der Waals surface area contributed by atoms with Crippen LogP contribution in [0.1, 0.15) is 29.4 Å². The molecule has 1 atom stereocenters. The van der Waals surface area contributed by atoms with Crippen LogP contribution in [0.25, 0.3) is 0 Å². The first-order chi connectivity index (χ1) is 12.2. The van der Waals surface area contributed by atoms with Crippen LogP contribution in [-0.4, -0.2) is 48.2 Å². The highest BCUT2D eigenvalue weighted by Crippen LogP contribution is 2.30. The van der Waals surface area contributed by atoms with Gasteiger partial charge in [0.1, 0.15) is 11.8 Å². The highest BCUT2D eigenvalue weighted by molar-refractivity contribution is 7.89. The molecule has 0 radical (unpaired) electrons. The normalized spacial score (nSPS) is 17.2. The third-order valence-corrected chi connectivity index (χ3v) is 6.16. The van der Waals surface area contributed by atoms with Crippen LogP contribution in [0.2, 0.25) is 0 Å². The Bertz CT molecular complexity index is 978. The van der Waals surface area contributed by atoms with Gasteiger partial charge in [-0.2, -0.15) is 0 Å². The van der Waals surface area contributed by atoms with Gasteiger partial charge in [0.2, 0.25) is 15.9 Å². The molecule has 0 saturated heterocycles. The SMILES string of the molecule is CN(C)S(=O)(=O)c1ccc(O)c(NC(=O)[C@H]2CCC(=O)c3cccn32)c1. The molecule has 0 aliphatic carbocycles. The maximum absolute atomic E-state index is 12.7. The monoisotopic (exact) mass is 377 g/mol. The summed E-state index contributed by atoms with van der Waals surface area (Å²) in [6, 6.07) is 6.45. The van der Waals surface area contributed by atoms with Gasteiger partial charge in [0.05, 0.1) is 16.3 Å². The van der Waals surface area contributed by atoms with Crippen LogP contribution in [-0.2, 0) is 14.8 Å². The van der Waals surface area contributed by atoms with E-state index in [2.05, 4.69) is 5.32 Å². The molecule has 26 heavy (non-hydrogen) atoms. The van der Waals surface area contributed by atoms with Gasteiger partial charge < -0.3 is 15.0 Å². The number of hydrogen-bond donors (Lipinski definition) is 2. The predicted octanol–water partition coefficient (Wildman–Crippen LogP) is 1.60. The molecule has 2 heterocycles. The number of aromatic hydroxyl groups is 1. The Hall–Kier alpha value is -2.65. The average molecular weight is 377 g/mol. The number of hydrogen-bond acceptors (Lipinski definition) is 5. The summed E-state index contributed by atoms with van der Waals surface area (Å²) in [6.45, 7) is 0. The molecule has 3 rings (SSSR count). The van der Waals surface area contributed by atoms with E-state index in [1.54, 1.807) is 22.9 Å². The van der Waals surface area contributed by atoms with Gasteiger partial charge in [-0.05, 0) is 36.8 Å². The third-order valence-electron chi connectivity index (χ3n) is 4.35.